The summed E-state index contributed by atoms with van der Waals surface area (Å²) < 4.78 is 7.74. The SMILES string of the molecule is Nc1ncnc2c1c(-c1cccc(O)c1)cn2-c1cccc(OCCNCCO)c1. The molecule has 0 aliphatic heterocycles. The van der Waals surface area contributed by atoms with Gasteiger partial charge in [0.2, 0.25) is 0 Å². The minimum absolute atomic E-state index is 0.0999. The summed E-state index contributed by atoms with van der Waals surface area (Å²) in [6.45, 7) is 1.77. The van der Waals surface area contributed by atoms with Crippen molar-refractivity contribution in [2.45, 2.75) is 0 Å². The van der Waals surface area contributed by atoms with E-state index in [4.69, 9.17) is 15.6 Å². The fourth-order valence-corrected chi connectivity index (χ4v) is 3.34. The van der Waals surface area contributed by atoms with E-state index in [1.807, 2.05) is 41.1 Å². The molecule has 0 spiro atoms. The van der Waals surface area contributed by atoms with Gasteiger partial charge in [0.1, 0.15) is 30.3 Å². The van der Waals surface area contributed by atoms with Crippen molar-refractivity contribution in [3.63, 3.8) is 0 Å². The van der Waals surface area contributed by atoms with Crippen molar-refractivity contribution >= 4 is 16.9 Å². The highest BCUT2D eigenvalue weighted by atomic mass is 16.5. The zero-order valence-corrected chi connectivity index (χ0v) is 16.3. The van der Waals surface area contributed by atoms with E-state index in [0.717, 1.165) is 28.0 Å². The number of phenolic OH excluding ortho intramolecular Hbond substituents is 1. The lowest BCUT2D eigenvalue weighted by molar-refractivity contribution is 0.276. The van der Waals surface area contributed by atoms with Gasteiger partial charge in [-0.3, -0.25) is 0 Å². The molecule has 8 nitrogen and oxygen atoms in total. The van der Waals surface area contributed by atoms with E-state index >= 15 is 0 Å². The first-order valence-electron chi connectivity index (χ1n) is 9.63. The Kier molecular flexibility index (Phi) is 5.78. The van der Waals surface area contributed by atoms with Crippen molar-refractivity contribution in [1.29, 1.82) is 0 Å². The lowest BCUT2D eigenvalue weighted by Crippen LogP contribution is -2.23. The molecule has 0 amide bonds. The van der Waals surface area contributed by atoms with Crippen LogP contribution in [0.25, 0.3) is 27.8 Å². The summed E-state index contributed by atoms with van der Waals surface area (Å²) in [6, 6.07) is 14.7. The van der Waals surface area contributed by atoms with Crippen LogP contribution >= 0.6 is 0 Å². The first-order valence-corrected chi connectivity index (χ1v) is 9.63. The van der Waals surface area contributed by atoms with Gasteiger partial charge in [-0.2, -0.15) is 0 Å². The monoisotopic (exact) mass is 405 g/mol. The van der Waals surface area contributed by atoms with Gasteiger partial charge < -0.3 is 30.6 Å². The molecule has 0 atom stereocenters. The summed E-state index contributed by atoms with van der Waals surface area (Å²) in [5.41, 5.74) is 9.37. The largest absolute Gasteiger partial charge is 0.508 e. The van der Waals surface area contributed by atoms with Gasteiger partial charge in [0.05, 0.1) is 17.7 Å². The number of anilines is 1. The lowest BCUT2D eigenvalue weighted by Gasteiger charge is -2.10. The third-order valence-electron chi connectivity index (χ3n) is 4.70. The number of nitrogens with zero attached hydrogens (tertiary/aromatic N) is 3. The van der Waals surface area contributed by atoms with Crippen molar-refractivity contribution in [3.8, 4) is 28.3 Å². The van der Waals surface area contributed by atoms with E-state index in [1.54, 1.807) is 18.2 Å². The number of phenols is 1. The van der Waals surface area contributed by atoms with E-state index in [1.165, 1.54) is 6.33 Å². The summed E-state index contributed by atoms with van der Waals surface area (Å²) in [6.07, 6.45) is 3.37. The average Bonchev–Trinajstić information content (AvgIpc) is 3.15. The van der Waals surface area contributed by atoms with Gasteiger partial charge in [0.25, 0.3) is 0 Å². The average molecular weight is 405 g/mol. The van der Waals surface area contributed by atoms with Crippen LogP contribution in [0.5, 0.6) is 11.5 Å². The second kappa shape index (κ2) is 8.81. The molecule has 154 valence electrons. The molecule has 0 bridgehead atoms. The number of nitrogen functional groups attached to an aromatic ring is 1. The molecule has 2 aromatic carbocycles. The predicted octanol–water partition coefficient (Wildman–Crippen LogP) is 2.34. The van der Waals surface area contributed by atoms with Gasteiger partial charge in [-0.15, -0.1) is 0 Å². The van der Waals surface area contributed by atoms with Crippen molar-refractivity contribution in [3.05, 3.63) is 61.1 Å². The first kappa shape index (κ1) is 19.7. The smallest absolute Gasteiger partial charge is 0.150 e. The molecule has 0 saturated carbocycles. The van der Waals surface area contributed by atoms with Crippen LogP contribution in [0.3, 0.4) is 0 Å². The van der Waals surface area contributed by atoms with E-state index < -0.39 is 0 Å². The fourth-order valence-electron chi connectivity index (χ4n) is 3.34. The first-order chi connectivity index (χ1) is 14.7. The van der Waals surface area contributed by atoms with Crippen LogP contribution in [0, 0.1) is 0 Å². The topological polar surface area (TPSA) is 118 Å². The molecule has 5 N–H and O–H groups in total. The number of rotatable bonds is 8. The van der Waals surface area contributed by atoms with Gasteiger partial charge in [0.15, 0.2) is 5.65 Å². The van der Waals surface area contributed by atoms with Crippen LogP contribution in [0.4, 0.5) is 5.82 Å². The van der Waals surface area contributed by atoms with Gasteiger partial charge in [-0.25, -0.2) is 9.97 Å². The van der Waals surface area contributed by atoms with Crippen molar-refractivity contribution < 1.29 is 14.9 Å². The van der Waals surface area contributed by atoms with Gasteiger partial charge in [-0.05, 0) is 29.8 Å². The number of benzene rings is 2. The third-order valence-corrected chi connectivity index (χ3v) is 4.70. The molecule has 0 radical (unpaired) electrons. The lowest BCUT2D eigenvalue weighted by atomic mass is 10.1. The minimum atomic E-state index is 0.0999. The standard InChI is InChI=1S/C22H23N5O3/c23-21-20-19(15-3-1-5-17(29)11-15)13-27(22(20)26-14-25-21)16-4-2-6-18(12-16)30-10-8-24-7-9-28/h1-6,11-14,24,28-29H,7-10H2,(H2,23,25,26). The van der Waals surface area contributed by atoms with E-state index in [-0.39, 0.29) is 12.4 Å². The second-order valence-electron chi connectivity index (χ2n) is 6.74. The van der Waals surface area contributed by atoms with Crippen LogP contribution in [0.1, 0.15) is 0 Å². The molecule has 4 rings (SSSR count). The molecule has 0 fully saturated rings. The van der Waals surface area contributed by atoms with Crippen LogP contribution in [0.2, 0.25) is 0 Å². The Hall–Kier alpha value is -3.62. The maximum Gasteiger partial charge on any atom is 0.150 e. The maximum absolute atomic E-state index is 9.91. The number of aromatic nitrogens is 3. The maximum atomic E-state index is 9.91. The van der Waals surface area contributed by atoms with Gasteiger partial charge in [0, 0.05) is 30.9 Å². The molecular formula is C22H23N5O3. The predicted molar refractivity (Wildman–Crippen MR) is 116 cm³/mol. The Morgan fingerprint density at radius 2 is 1.93 bits per heavy atom. The number of aliphatic hydroxyl groups is 1. The number of nitrogens with two attached hydrogens (primary N) is 1. The normalized spacial score (nSPS) is 11.1. The Labute approximate surface area is 173 Å². The number of aromatic hydroxyl groups is 1. The second-order valence-corrected chi connectivity index (χ2v) is 6.74. The number of nitrogens with one attached hydrogen (secondary N) is 1. The van der Waals surface area contributed by atoms with E-state index in [0.29, 0.717) is 31.2 Å². The van der Waals surface area contributed by atoms with Crippen LogP contribution < -0.4 is 15.8 Å². The molecular weight excluding hydrogens is 382 g/mol. The number of hydrogen-bond acceptors (Lipinski definition) is 7. The molecule has 2 aromatic heterocycles. The van der Waals surface area contributed by atoms with Crippen LogP contribution in [-0.2, 0) is 0 Å². The van der Waals surface area contributed by atoms with Crippen LogP contribution in [-0.4, -0.2) is 51.1 Å². The molecule has 0 unspecified atom stereocenters. The molecule has 8 heteroatoms. The zero-order chi connectivity index (χ0) is 20.9. The Bertz CT molecular complexity index is 1160. The highest BCUT2D eigenvalue weighted by molar-refractivity contribution is 6.01. The number of ether oxygens (including phenoxy) is 1. The molecule has 0 saturated heterocycles. The molecule has 30 heavy (non-hydrogen) atoms. The summed E-state index contributed by atoms with van der Waals surface area (Å²) in [5.74, 6) is 1.27. The number of fused-ring (bicyclic) bond motifs is 1. The molecule has 0 aliphatic carbocycles. The van der Waals surface area contributed by atoms with E-state index in [9.17, 15) is 5.11 Å². The van der Waals surface area contributed by atoms with E-state index in [2.05, 4.69) is 15.3 Å². The Morgan fingerprint density at radius 1 is 1.07 bits per heavy atom. The number of aliphatic hydroxyl groups excluding tert-OH is 1. The fraction of sp³-hybridized carbons (Fsp3) is 0.182. The van der Waals surface area contributed by atoms with Crippen molar-refractivity contribution in [1.82, 2.24) is 19.9 Å². The molecule has 4 aromatic rings. The Morgan fingerprint density at radius 3 is 2.77 bits per heavy atom. The highest BCUT2D eigenvalue weighted by Crippen LogP contribution is 2.35. The summed E-state index contributed by atoms with van der Waals surface area (Å²) in [4.78, 5) is 8.59. The molecule has 0 aliphatic rings. The van der Waals surface area contributed by atoms with Crippen molar-refractivity contribution in [2.24, 2.45) is 0 Å². The highest BCUT2D eigenvalue weighted by Gasteiger charge is 2.16. The summed E-state index contributed by atoms with van der Waals surface area (Å²) in [7, 11) is 0. The zero-order valence-electron chi connectivity index (χ0n) is 16.3. The number of hydrogen-bond donors (Lipinski definition) is 4. The van der Waals surface area contributed by atoms with Crippen LogP contribution in [0.15, 0.2) is 61.1 Å². The third kappa shape index (κ3) is 4.05. The summed E-state index contributed by atoms with van der Waals surface area (Å²) >= 11 is 0. The Balaban J connectivity index is 1.72. The van der Waals surface area contributed by atoms with Gasteiger partial charge >= 0.3 is 0 Å². The van der Waals surface area contributed by atoms with Gasteiger partial charge in [-0.1, -0.05) is 18.2 Å². The van der Waals surface area contributed by atoms with Crippen molar-refractivity contribution in [2.75, 3.05) is 32.0 Å². The summed E-state index contributed by atoms with van der Waals surface area (Å²) in [5, 5.41) is 22.5. The minimum Gasteiger partial charge on any atom is -0.508 e. The molecule has 2 heterocycles. The quantitative estimate of drug-likeness (QED) is 0.332.